The Labute approximate surface area is 175 Å². The maximum Gasteiger partial charge on any atom is 0.573 e. The fraction of sp³-hybridized carbons (Fsp3) is 0.238. The first-order valence-electron chi connectivity index (χ1n) is 8.88. The van der Waals surface area contributed by atoms with Crippen molar-refractivity contribution in [2.75, 3.05) is 7.11 Å². The molecule has 0 aliphatic carbocycles. The number of ether oxygens (including phenoxy) is 3. The summed E-state index contributed by atoms with van der Waals surface area (Å²) in [6.07, 6.45) is -2.71. The summed E-state index contributed by atoms with van der Waals surface area (Å²) in [7, 11) is 1.32. The zero-order valence-corrected chi connectivity index (χ0v) is 16.5. The lowest BCUT2D eigenvalue weighted by Crippen LogP contribution is -2.36. The Bertz CT molecular complexity index is 964. The van der Waals surface area contributed by atoms with E-state index in [-0.39, 0.29) is 23.5 Å². The number of methoxy groups -OCH3 is 1. The van der Waals surface area contributed by atoms with Crippen molar-refractivity contribution in [3.05, 3.63) is 59.7 Å². The zero-order valence-electron chi connectivity index (χ0n) is 16.5. The summed E-state index contributed by atoms with van der Waals surface area (Å²) in [6.45, 7) is 1.44. The molecule has 2 rings (SSSR count). The van der Waals surface area contributed by atoms with Crippen LogP contribution in [0.2, 0.25) is 0 Å². The van der Waals surface area contributed by atoms with Crippen molar-refractivity contribution < 1.29 is 47.2 Å². The summed E-state index contributed by atoms with van der Waals surface area (Å²) in [5, 5.41) is 19.0. The lowest BCUT2D eigenvalue weighted by molar-refractivity contribution is -0.274. The number of benzene rings is 2. The molecule has 0 aliphatic heterocycles. The number of alkyl halides is 3. The van der Waals surface area contributed by atoms with E-state index in [1.54, 1.807) is 0 Å². The van der Waals surface area contributed by atoms with Gasteiger partial charge in [0.2, 0.25) is 11.6 Å². The highest BCUT2D eigenvalue weighted by molar-refractivity contribution is 5.98. The van der Waals surface area contributed by atoms with Crippen LogP contribution in [0.25, 0.3) is 6.08 Å². The van der Waals surface area contributed by atoms with Gasteiger partial charge in [0.25, 0.3) is 0 Å². The second-order valence-electron chi connectivity index (χ2n) is 6.24. The average molecular weight is 440 g/mol. The van der Waals surface area contributed by atoms with Crippen molar-refractivity contribution in [1.29, 1.82) is 0 Å². The van der Waals surface area contributed by atoms with E-state index in [1.807, 2.05) is 0 Å². The molecule has 2 aromatic carbocycles. The van der Waals surface area contributed by atoms with Gasteiger partial charge in [-0.15, -0.1) is 13.2 Å². The van der Waals surface area contributed by atoms with E-state index in [4.69, 9.17) is 9.47 Å². The van der Waals surface area contributed by atoms with E-state index in [9.17, 15) is 33.0 Å². The number of ketones is 1. The smallest absolute Gasteiger partial charge is 0.493 e. The molecule has 0 spiro atoms. The van der Waals surface area contributed by atoms with Gasteiger partial charge < -0.3 is 24.4 Å². The van der Waals surface area contributed by atoms with Crippen molar-refractivity contribution in [2.24, 2.45) is 0 Å². The first-order valence-corrected chi connectivity index (χ1v) is 8.88. The van der Waals surface area contributed by atoms with Gasteiger partial charge in [0.1, 0.15) is 5.75 Å². The first kappa shape index (κ1) is 23.9. The predicted molar refractivity (Wildman–Crippen MR) is 103 cm³/mol. The Morgan fingerprint density at radius 3 is 2.23 bits per heavy atom. The fourth-order valence-corrected chi connectivity index (χ4v) is 2.30. The molecule has 0 aromatic heterocycles. The standard InChI is InChI=1S/C21H19F3O7/c1-3-20(27,28)18(25)11-5-13-4-10-16(17(12-13)29-2)30-19(26)14-6-8-15(9-7-14)31-21(22,23)24/h4-12,27-28H,3H2,1-2H3/b11-5+. The van der Waals surface area contributed by atoms with Crippen LogP contribution in [0.5, 0.6) is 17.2 Å². The van der Waals surface area contributed by atoms with Crippen molar-refractivity contribution in [1.82, 2.24) is 0 Å². The van der Waals surface area contributed by atoms with Gasteiger partial charge in [-0.2, -0.15) is 0 Å². The summed E-state index contributed by atoms with van der Waals surface area (Å²) in [5.41, 5.74) is 0.429. The van der Waals surface area contributed by atoms with E-state index < -0.39 is 29.7 Å². The largest absolute Gasteiger partial charge is 0.573 e. The first-order chi connectivity index (χ1) is 14.4. The lowest BCUT2D eigenvalue weighted by Gasteiger charge is -2.15. The van der Waals surface area contributed by atoms with E-state index in [0.717, 1.165) is 30.3 Å². The van der Waals surface area contributed by atoms with E-state index in [1.165, 1.54) is 38.3 Å². The molecule has 0 amide bonds. The lowest BCUT2D eigenvalue weighted by atomic mass is 10.1. The van der Waals surface area contributed by atoms with Gasteiger partial charge in [-0.3, -0.25) is 4.79 Å². The summed E-state index contributed by atoms with van der Waals surface area (Å²) in [6, 6.07) is 8.49. The molecular formula is C21H19F3O7. The number of hydrogen-bond acceptors (Lipinski definition) is 7. The second-order valence-corrected chi connectivity index (χ2v) is 6.24. The van der Waals surface area contributed by atoms with Gasteiger partial charge in [0.05, 0.1) is 12.7 Å². The SMILES string of the molecule is CCC(O)(O)C(=O)/C=C/c1ccc(OC(=O)c2ccc(OC(F)(F)F)cc2)c(OC)c1. The molecular weight excluding hydrogens is 421 g/mol. The third-order valence-electron chi connectivity index (χ3n) is 4.03. The molecule has 0 heterocycles. The number of carbonyl (C=O) groups excluding carboxylic acids is 2. The topological polar surface area (TPSA) is 102 Å². The number of aliphatic hydroxyl groups is 2. The Morgan fingerprint density at radius 1 is 1.03 bits per heavy atom. The van der Waals surface area contributed by atoms with Crippen LogP contribution >= 0.6 is 0 Å². The maximum absolute atomic E-state index is 12.3. The van der Waals surface area contributed by atoms with Crippen molar-refractivity contribution in [2.45, 2.75) is 25.5 Å². The highest BCUT2D eigenvalue weighted by Crippen LogP contribution is 2.30. The van der Waals surface area contributed by atoms with Gasteiger partial charge in [0, 0.05) is 6.42 Å². The van der Waals surface area contributed by atoms with E-state index in [2.05, 4.69) is 4.74 Å². The number of esters is 1. The van der Waals surface area contributed by atoms with Crippen LogP contribution in [0, 0.1) is 0 Å². The molecule has 0 atom stereocenters. The van der Waals surface area contributed by atoms with Crippen LogP contribution in [0.15, 0.2) is 48.5 Å². The summed E-state index contributed by atoms with van der Waals surface area (Å²) in [4.78, 5) is 24.0. The predicted octanol–water partition coefficient (Wildman–Crippen LogP) is 3.49. The molecule has 2 N–H and O–H groups in total. The monoisotopic (exact) mass is 440 g/mol. The summed E-state index contributed by atoms with van der Waals surface area (Å²) >= 11 is 0. The Hall–Kier alpha value is -3.37. The fourth-order valence-electron chi connectivity index (χ4n) is 2.30. The average Bonchev–Trinajstić information content (AvgIpc) is 2.71. The van der Waals surface area contributed by atoms with Crippen LogP contribution in [0.1, 0.15) is 29.3 Å². The molecule has 0 unspecified atom stereocenters. The normalized spacial score (nSPS) is 12.0. The molecule has 0 radical (unpaired) electrons. The zero-order chi connectivity index (χ0) is 23.2. The highest BCUT2D eigenvalue weighted by Gasteiger charge is 2.31. The van der Waals surface area contributed by atoms with Gasteiger partial charge >= 0.3 is 12.3 Å². The van der Waals surface area contributed by atoms with Gasteiger partial charge in [-0.25, -0.2) is 4.79 Å². The van der Waals surface area contributed by atoms with E-state index >= 15 is 0 Å². The van der Waals surface area contributed by atoms with Gasteiger partial charge in [0.15, 0.2) is 11.5 Å². The minimum atomic E-state index is -4.84. The molecule has 7 nitrogen and oxygen atoms in total. The van der Waals surface area contributed by atoms with Crippen LogP contribution in [0.3, 0.4) is 0 Å². The van der Waals surface area contributed by atoms with Crippen molar-refractivity contribution >= 4 is 17.8 Å². The van der Waals surface area contributed by atoms with Crippen LogP contribution in [0.4, 0.5) is 13.2 Å². The quantitative estimate of drug-likeness (QED) is 0.280. The van der Waals surface area contributed by atoms with Gasteiger partial charge in [-0.05, 0) is 48.0 Å². The van der Waals surface area contributed by atoms with Crippen LogP contribution < -0.4 is 14.2 Å². The molecule has 0 fully saturated rings. The Morgan fingerprint density at radius 2 is 1.68 bits per heavy atom. The number of hydrogen-bond donors (Lipinski definition) is 2. The van der Waals surface area contributed by atoms with Crippen LogP contribution in [-0.2, 0) is 4.79 Å². The number of carbonyl (C=O) groups is 2. The third-order valence-corrected chi connectivity index (χ3v) is 4.03. The minimum Gasteiger partial charge on any atom is -0.493 e. The third kappa shape index (κ3) is 6.83. The van der Waals surface area contributed by atoms with Gasteiger partial charge in [-0.1, -0.05) is 19.1 Å². The molecule has 2 aromatic rings. The molecule has 0 aliphatic rings. The highest BCUT2D eigenvalue weighted by atomic mass is 19.4. The Balaban J connectivity index is 2.13. The van der Waals surface area contributed by atoms with Crippen molar-refractivity contribution in [3.8, 4) is 17.2 Å². The molecule has 166 valence electrons. The number of rotatable bonds is 8. The molecule has 0 saturated carbocycles. The minimum absolute atomic E-state index is 0.0204. The molecule has 10 heteroatoms. The Kier molecular flexibility index (Phi) is 7.42. The molecule has 0 bridgehead atoms. The maximum atomic E-state index is 12.3. The van der Waals surface area contributed by atoms with E-state index in [0.29, 0.717) is 5.56 Å². The summed E-state index contributed by atoms with van der Waals surface area (Å²) < 4.78 is 50.7. The van der Waals surface area contributed by atoms with Crippen molar-refractivity contribution in [3.63, 3.8) is 0 Å². The second kappa shape index (κ2) is 9.63. The van der Waals surface area contributed by atoms with Crippen LogP contribution in [-0.4, -0.2) is 41.2 Å². The molecule has 0 saturated heterocycles. The number of halogens is 3. The summed E-state index contributed by atoms with van der Waals surface area (Å²) in [5.74, 6) is -4.53. The molecule has 31 heavy (non-hydrogen) atoms.